The molecule has 0 spiro atoms. The molecule has 8 nitrogen and oxygen atoms in total. The smallest absolute Gasteiger partial charge is 0.333 e. The first-order valence-corrected chi connectivity index (χ1v) is 6.83. The highest BCUT2D eigenvalue weighted by atomic mass is 31.2. The Hall–Kier alpha value is -0.950. The highest BCUT2D eigenvalue weighted by molar-refractivity contribution is 7.51. The van der Waals surface area contributed by atoms with Gasteiger partial charge in [-0.25, -0.2) is 4.79 Å². The highest BCUT2D eigenvalue weighted by Gasteiger charge is 2.49. The maximum Gasteiger partial charge on any atom is 0.333 e. The Balaban J connectivity index is 2.52. The van der Waals surface area contributed by atoms with E-state index in [0.717, 1.165) is 0 Å². The summed E-state index contributed by atoms with van der Waals surface area (Å²) in [7, 11) is -4.08. The standard InChI is InChI=1S/C8H15N2O6P/c9-8(7(12)13)2-4-10(6(8)11)3-1-5-17(14,15)16/h1-5,9H2,(H,12,13)(H2,14,15,16). The Bertz CT molecular complexity index is 380. The molecule has 0 saturated carbocycles. The Morgan fingerprint density at radius 2 is 2.12 bits per heavy atom. The molecule has 17 heavy (non-hydrogen) atoms. The molecule has 1 rings (SSSR count). The van der Waals surface area contributed by atoms with Crippen LogP contribution >= 0.6 is 7.60 Å². The molecule has 1 aliphatic rings. The largest absolute Gasteiger partial charge is 0.479 e. The third-order valence-electron chi connectivity index (χ3n) is 2.70. The molecule has 0 bridgehead atoms. The number of hydrogen-bond donors (Lipinski definition) is 4. The zero-order valence-electron chi connectivity index (χ0n) is 9.07. The zero-order chi connectivity index (χ0) is 13.3. The summed E-state index contributed by atoms with van der Waals surface area (Å²) in [5.41, 5.74) is 3.56. The van der Waals surface area contributed by atoms with Crippen LogP contribution in [0.3, 0.4) is 0 Å². The van der Waals surface area contributed by atoms with E-state index in [1.54, 1.807) is 0 Å². The normalized spacial score (nSPS) is 25.4. The molecular formula is C8H15N2O6P. The minimum Gasteiger partial charge on any atom is -0.479 e. The minimum absolute atomic E-state index is 0.0110. The van der Waals surface area contributed by atoms with Crippen LogP contribution in [-0.2, 0) is 14.2 Å². The maximum absolute atomic E-state index is 11.7. The summed E-state index contributed by atoms with van der Waals surface area (Å²) in [5, 5.41) is 8.82. The van der Waals surface area contributed by atoms with E-state index in [1.807, 2.05) is 0 Å². The summed E-state index contributed by atoms with van der Waals surface area (Å²) in [5.74, 6) is -2.07. The topological polar surface area (TPSA) is 141 Å². The minimum atomic E-state index is -4.08. The first kappa shape index (κ1) is 14.1. The van der Waals surface area contributed by atoms with Crippen molar-refractivity contribution in [2.24, 2.45) is 5.73 Å². The van der Waals surface area contributed by atoms with Gasteiger partial charge in [-0.2, -0.15) is 0 Å². The van der Waals surface area contributed by atoms with Crippen LogP contribution in [0.15, 0.2) is 0 Å². The van der Waals surface area contributed by atoms with E-state index in [-0.39, 0.29) is 32.1 Å². The monoisotopic (exact) mass is 266 g/mol. The average Bonchev–Trinajstić information content (AvgIpc) is 2.45. The van der Waals surface area contributed by atoms with E-state index in [2.05, 4.69) is 0 Å². The van der Waals surface area contributed by atoms with E-state index in [1.165, 1.54) is 4.90 Å². The van der Waals surface area contributed by atoms with Gasteiger partial charge in [0.1, 0.15) is 0 Å². The fraction of sp³-hybridized carbons (Fsp3) is 0.750. The number of likely N-dealkylation sites (tertiary alicyclic amines) is 1. The molecule has 1 fully saturated rings. The summed E-state index contributed by atoms with van der Waals surface area (Å²) < 4.78 is 10.6. The van der Waals surface area contributed by atoms with Crippen molar-refractivity contribution in [3.8, 4) is 0 Å². The van der Waals surface area contributed by atoms with Crippen molar-refractivity contribution in [2.75, 3.05) is 19.3 Å². The van der Waals surface area contributed by atoms with Crippen LogP contribution in [0.1, 0.15) is 12.8 Å². The number of carboxylic acids is 1. The molecule has 5 N–H and O–H groups in total. The van der Waals surface area contributed by atoms with Gasteiger partial charge in [0.15, 0.2) is 5.54 Å². The fourth-order valence-corrected chi connectivity index (χ4v) is 2.23. The Labute approximate surface area is 97.6 Å². The van der Waals surface area contributed by atoms with Gasteiger partial charge >= 0.3 is 13.6 Å². The highest BCUT2D eigenvalue weighted by Crippen LogP contribution is 2.35. The lowest BCUT2D eigenvalue weighted by Crippen LogP contribution is -2.54. The first-order chi connectivity index (χ1) is 7.67. The lowest BCUT2D eigenvalue weighted by molar-refractivity contribution is -0.149. The first-order valence-electron chi connectivity index (χ1n) is 5.03. The second-order valence-electron chi connectivity index (χ2n) is 4.06. The van der Waals surface area contributed by atoms with Crippen molar-refractivity contribution in [1.29, 1.82) is 0 Å². The van der Waals surface area contributed by atoms with Gasteiger partial charge < -0.3 is 25.5 Å². The molecular weight excluding hydrogens is 251 g/mol. The number of carbonyl (C=O) groups is 2. The van der Waals surface area contributed by atoms with Crippen molar-refractivity contribution in [2.45, 2.75) is 18.4 Å². The second kappa shape index (κ2) is 4.73. The summed E-state index contributed by atoms with van der Waals surface area (Å²) in [6, 6.07) is 0. The number of nitrogens with two attached hydrogens (primary N) is 1. The number of nitrogens with zero attached hydrogens (tertiary/aromatic N) is 1. The number of carbonyl (C=O) groups excluding carboxylic acids is 1. The molecule has 0 aromatic heterocycles. The van der Waals surface area contributed by atoms with Crippen LogP contribution < -0.4 is 5.73 Å². The maximum atomic E-state index is 11.7. The zero-order valence-corrected chi connectivity index (χ0v) is 9.97. The van der Waals surface area contributed by atoms with Crippen LogP contribution in [0.5, 0.6) is 0 Å². The quantitative estimate of drug-likeness (QED) is 0.353. The molecule has 1 saturated heterocycles. The Morgan fingerprint density at radius 1 is 1.53 bits per heavy atom. The van der Waals surface area contributed by atoms with Gasteiger partial charge in [0.25, 0.3) is 5.91 Å². The molecule has 1 amide bonds. The molecule has 1 heterocycles. The number of carboxylic acid groups (broad SMARTS) is 1. The summed E-state index contributed by atoms with van der Waals surface area (Å²) >= 11 is 0. The summed E-state index contributed by atoms with van der Waals surface area (Å²) in [6.07, 6.45) is -0.204. The lowest BCUT2D eigenvalue weighted by Gasteiger charge is -2.19. The van der Waals surface area contributed by atoms with Crippen molar-refractivity contribution >= 4 is 19.5 Å². The van der Waals surface area contributed by atoms with Crippen LogP contribution in [0.4, 0.5) is 0 Å². The third-order valence-corrected chi connectivity index (χ3v) is 3.60. The van der Waals surface area contributed by atoms with Crippen molar-refractivity contribution in [3.05, 3.63) is 0 Å². The average molecular weight is 266 g/mol. The number of hydrogen-bond acceptors (Lipinski definition) is 4. The molecule has 0 aromatic rings. The predicted octanol–water partition coefficient (Wildman–Crippen LogP) is -1.43. The van der Waals surface area contributed by atoms with E-state index in [0.29, 0.717) is 0 Å². The van der Waals surface area contributed by atoms with Gasteiger partial charge in [0.05, 0.1) is 6.16 Å². The van der Waals surface area contributed by atoms with Gasteiger partial charge in [0, 0.05) is 19.5 Å². The Kier molecular flexibility index (Phi) is 3.93. The second-order valence-corrected chi connectivity index (χ2v) is 5.84. The van der Waals surface area contributed by atoms with E-state index >= 15 is 0 Å². The SMILES string of the molecule is NC1(C(=O)O)CCN(CCCP(=O)(O)O)C1=O. The molecule has 1 aliphatic heterocycles. The van der Waals surface area contributed by atoms with Gasteiger partial charge in [0.2, 0.25) is 0 Å². The van der Waals surface area contributed by atoms with Gasteiger partial charge in [-0.1, -0.05) is 0 Å². The fourth-order valence-electron chi connectivity index (χ4n) is 1.68. The van der Waals surface area contributed by atoms with Crippen LogP contribution in [0.25, 0.3) is 0 Å². The molecule has 0 aliphatic carbocycles. The molecule has 0 aromatic carbocycles. The molecule has 0 radical (unpaired) electrons. The van der Waals surface area contributed by atoms with Gasteiger partial charge in [-0.15, -0.1) is 0 Å². The summed E-state index contributed by atoms with van der Waals surface area (Å²) in [6.45, 7) is 0.305. The number of aliphatic carboxylic acids is 1. The van der Waals surface area contributed by atoms with E-state index in [9.17, 15) is 14.2 Å². The molecule has 1 atom stereocenters. The van der Waals surface area contributed by atoms with Gasteiger partial charge in [-0.3, -0.25) is 9.36 Å². The van der Waals surface area contributed by atoms with Crippen molar-refractivity contribution in [1.82, 2.24) is 4.90 Å². The third kappa shape index (κ3) is 3.26. The van der Waals surface area contributed by atoms with E-state index < -0.39 is 25.0 Å². The molecule has 9 heteroatoms. The van der Waals surface area contributed by atoms with Crippen LogP contribution in [0.2, 0.25) is 0 Å². The number of amides is 1. The predicted molar refractivity (Wildman–Crippen MR) is 57.3 cm³/mol. The molecule has 1 unspecified atom stereocenters. The number of rotatable bonds is 5. The van der Waals surface area contributed by atoms with E-state index in [4.69, 9.17) is 20.6 Å². The van der Waals surface area contributed by atoms with Gasteiger partial charge in [-0.05, 0) is 6.42 Å². The lowest BCUT2D eigenvalue weighted by atomic mass is 10.00. The summed E-state index contributed by atoms with van der Waals surface area (Å²) in [4.78, 5) is 41.0. The van der Waals surface area contributed by atoms with Crippen LogP contribution in [0, 0.1) is 0 Å². The van der Waals surface area contributed by atoms with Crippen LogP contribution in [-0.4, -0.2) is 56.5 Å². The Morgan fingerprint density at radius 3 is 2.53 bits per heavy atom. The van der Waals surface area contributed by atoms with Crippen molar-refractivity contribution in [3.63, 3.8) is 0 Å². The van der Waals surface area contributed by atoms with Crippen molar-refractivity contribution < 1.29 is 29.0 Å². The molecule has 98 valence electrons.